The molecule has 1 unspecified atom stereocenters. The van der Waals surface area contributed by atoms with Gasteiger partial charge in [-0.2, -0.15) is 0 Å². The highest BCUT2D eigenvalue weighted by Gasteiger charge is 2.38. The second-order valence-corrected chi connectivity index (χ2v) is 10.3. The van der Waals surface area contributed by atoms with Gasteiger partial charge in [-0.3, -0.25) is 19.1 Å². The number of carbonyl (C=O) groups is 1. The smallest absolute Gasteiger partial charge is 0.335 e. The Morgan fingerprint density at radius 3 is 2.41 bits per heavy atom. The number of aryl methyl sites for hydroxylation is 1. The van der Waals surface area contributed by atoms with Gasteiger partial charge in [0.05, 0.1) is 25.4 Å². The molecule has 1 aliphatic rings. The first-order valence-electron chi connectivity index (χ1n) is 13.4. The number of rotatable bonds is 9. The van der Waals surface area contributed by atoms with Gasteiger partial charge in [0, 0.05) is 49.6 Å². The fourth-order valence-electron chi connectivity index (χ4n) is 4.73. The van der Waals surface area contributed by atoms with Crippen LogP contribution in [0, 0.1) is 5.82 Å². The second-order valence-electron chi connectivity index (χ2n) is 9.65. The molecule has 0 saturated heterocycles. The average Bonchev–Trinajstić information content (AvgIpc) is 3.02. The number of nitrogens with zero attached hydrogens (tertiary/aromatic N) is 3. The summed E-state index contributed by atoms with van der Waals surface area (Å²) in [5, 5.41) is 1.80. The van der Waals surface area contributed by atoms with E-state index in [1.807, 2.05) is 0 Å². The van der Waals surface area contributed by atoms with Crippen molar-refractivity contribution in [2.45, 2.75) is 24.9 Å². The molecule has 2 heterocycles. The van der Waals surface area contributed by atoms with E-state index < -0.39 is 28.0 Å². The molecule has 11 nitrogen and oxygen atoms in total. The van der Waals surface area contributed by atoms with Crippen LogP contribution in [0.25, 0.3) is 16.6 Å². The number of carbonyl (C=O) groups excluding carboxylic acids is 1. The van der Waals surface area contributed by atoms with Gasteiger partial charge < -0.3 is 24.3 Å². The van der Waals surface area contributed by atoms with Gasteiger partial charge in [-0.05, 0) is 55.5 Å². The highest BCUT2D eigenvalue weighted by Crippen LogP contribution is 2.40. The number of fused-ring (bicyclic) bond motifs is 1. The van der Waals surface area contributed by atoms with Crippen LogP contribution >= 0.6 is 11.6 Å². The molecule has 4 aromatic rings. The van der Waals surface area contributed by atoms with Gasteiger partial charge in [0.2, 0.25) is 5.06 Å². The van der Waals surface area contributed by atoms with Crippen LogP contribution in [-0.4, -0.2) is 46.4 Å². The number of pyridine rings is 1. The van der Waals surface area contributed by atoms with E-state index in [0.717, 1.165) is 16.7 Å². The summed E-state index contributed by atoms with van der Waals surface area (Å²) in [6, 6.07) is 9.94. The van der Waals surface area contributed by atoms with Gasteiger partial charge in [0.25, 0.3) is 11.5 Å². The second kappa shape index (κ2) is 12.3. The lowest BCUT2D eigenvalue weighted by Crippen LogP contribution is -2.43. The van der Waals surface area contributed by atoms with Crippen LogP contribution < -0.4 is 30.8 Å². The minimum Gasteiger partial charge on any atom is -0.493 e. The SMILES string of the molecule is CCn1cc(C(=O)NC2=CC=C(Oc3ccnc4cc(OC)c(OC)cc34)C(Cl)(OC)C2)c(=O)n(-c2ccc(F)cc2)c1=O. The molecule has 1 amide bonds. The zero-order valence-electron chi connectivity index (χ0n) is 24.2. The normalized spacial score (nSPS) is 16.2. The maximum absolute atomic E-state index is 13.5. The number of nitrogens with one attached hydrogen (secondary N) is 1. The Morgan fingerprint density at radius 2 is 1.75 bits per heavy atom. The van der Waals surface area contributed by atoms with Crippen LogP contribution in [0.5, 0.6) is 17.2 Å². The summed E-state index contributed by atoms with van der Waals surface area (Å²) in [6.45, 7) is 1.88. The van der Waals surface area contributed by atoms with Gasteiger partial charge in [0.15, 0.2) is 17.3 Å². The van der Waals surface area contributed by atoms with Crippen LogP contribution in [0.3, 0.4) is 0 Å². The number of benzene rings is 2. The number of hydrogen-bond donors (Lipinski definition) is 1. The van der Waals surface area contributed by atoms with Crippen molar-refractivity contribution in [2.75, 3.05) is 21.3 Å². The maximum Gasteiger partial charge on any atom is 0.335 e. The minimum absolute atomic E-state index is 0.0393. The van der Waals surface area contributed by atoms with E-state index in [1.165, 1.54) is 44.2 Å². The van der Waals surface area contributed by atoms with Gasteiger partial charge in [-0.25, -0.2) is 13.8 Å². The van der Waals surface area contributed by atoms with Crippen molar-refractivity contribution < 1.29 is 28.1 Å². The lowest BCUT2D eigenvalue weighted by Gasteiger charge is -2.31. The van der Waals surface area contributed by atoms with Crippen molar-refractivity contribution in [1.29, 1.82) is 0 Å². The highest BCUT2D eigenvalue weighted by atomic mass is 35.5. The van der Waals surface area contributed by atoms with Gasteiger partial charge in [-0.1, -0.05) is 11.6 Å². The Hall–Kier alpha value is -4.94. The third kappa shape index (κ3) is 5.69. The van der Waals surface area contributed by atoms with E-state index in [0.29, 0.717) is 33.8 Å². The topological polar surface area (TPSA) is 123 Å². The summed E-state index contributed by atoms with van der Waals surface area (Å²) in [5.41, 5.74) is -0.780. The summed E-state index contributed by atoms with van der Waals surface area (Å²) in [4.78, 5) is 44.0. The van der Waals surface area contributed by atoms with E-state index in [-0.39, 0.29) is 30.0 Å². The first kappa shape index (κ1) is 30.5. The molecule has 0 spiro atoms. The molecule has 228 valence electrons. The number of aromatic nitrogens is 3. The van der Waals surface area contributed by atoms with Crippen molar-refractivity contribution in [2.24, 2.45) is 0 Å². The monoisotopic (exact) mass is 622 g/mol. The van der Waals surface area contributed by atoms with Crippen molar-refractivity contribution in [3.8, 4) is 22.9 Å². The molecule has 5 rings (SSSR count). The molecule has 13 heteroatoms. The number of methoxy groups -OCH3 is 3. The van der Waals surface area contributed by atoms with Crippen LogP contribution in [0.1, 0.15) is 23.7 Å². The van der Waals surface area contributed by atoms with E-state index in [2.05, 4.69) is 10.3 Å². The van der Waals surface area contributed by atoms with Crippen molar-refractivity contribution >= 4 is 28.4 Å². The van der Waals surface area contributed by atoms with Crippen molar-refractivity contribution in [3.05, 3.63) is 111 Å². The summed E-state index contributed by atoms with van der Waals surface area (Å²) in [5.74, 6) is 0.345. The highest BCUT2D eigenvalue weighted by molar-refractivity contribution is 6.25. The molecule has 0 fully saturated rings. The molecule has 0 bridgehead atoms. The fraction of sp³-hybridized carbons (Fsp3) is 0.226. The molecule has 2 aromatic heterocycles. The fourth-order valence-corrected chi connectivity index (χ4v) is 4.98. The van der Waals surface area contributed by atoms with E-state index >= 15 is 0 Å². The van der Waals surface area contributed by atoms with Crippen LogP contribution in [0.15, 0.2) is 88.1 Å². The average molecular weight is 623 g/mol. The van der Waals surface area contributed by atoms with Crippen LogP contribution in [-0.2, 0) is 11.3 Å². The standard InChI is InChI=1S/C31H28ClFN4O7/c1-5-36-17-22(29(39)37(30(36)40)20-9-6-18(33)7-10-20)28(38)35-19-8-11-27(31(32,16-19)43-4)44-24-12-13-34-23-15-26(42-3)25(41-2)14-21(23)24/h6-15,17H,5,16H2,1-4H3,(H,35,38). The minimum atomic E-state index is -1.53. The zero-order chi connectivity index (χ0) is 31.6. The number of hydrogen-bond acceptors (Lipinski definition) is 8. The Morgan fingerprint density at radius 1 is 1.05 bits per heavy atom. The Labute approximate surface area is 255 Å². The molecule has 2 aromatic carbocycles. The van der Waals surface area contributed by atoms with Crippen molar-refractivity contribution in [1.82, 2.24) is 19.4 Å². The van der Waals surface area contributed by atoms with Crippen LogP contribution in [0.4, 0.5) is 4.39 Å². The van der Waals surface area contributed by atoms with Crippen molar-refractivity contribution in [3.63, 3.8) is 0 Å². The largest absolute Gasteiger partial charge is 0.493 e. The molecule has 1 N–H and O–H groups in total. The first-order valence-corrected chi connectivity index (χ1v) is 13.8. The molecule has 0 saturated carbocycles. The molecule has 44 heavy (non-hydrogen) atoms. The molecule has 1 aliphatic carbocycles. The summed E-state index contributed by atoms with van der Waals surface area (Å²) < 4.78 is 38.2. The lowest BCUT2D eigenvalue weighted by molar-refractivity contribution is 0.0599. The molecular weight excluding hydrogens is 595 g/mol. The van der Waals surface area contributed by atoms with Gasteiger partial charge in [0.1, 0.15) is 17.1 Å². The van der Waals surface area contributed by atoms with E-state index in [1.54, 1.807) is 43.5 Å². The quantitative estimate of drug-likeness (QED) is 0.275. The Balaban J connectivity index is 1.47. The lowest BCUT2D eigenvalue weighted by atomic mass is 10.0. The predicted octanol–water partition coefficient (Wildman–Crippen LogP) is 4.29. The van der Waals surface area contributed by atoms with Crippen LogP contribution in [0.2, 0.25) is 0 Å². The summed E-state index contributed by atoms with van der Waals surface area (Å²) in [7, 11) is 4.45. The van der Waals surface area contributed by atoms with Gasteiger partial charge >= 0.3 is 5.69 Å². The molecule has 0 aliphatic heterocycles. The molecule has 1 atom stereocenters. The number of alkyl halides is 1. The first-order chi connectivity index (χ1) is 21.1. The number of allylic oxidation sites excluding steroid dienone is 2. The summed E-state index contributed by atoms with van der Waals surface area (Å²) >= 11 is 6.86. The third-order valence-corrected chi connectivity index (χ3v) is 7.55. The maximum atomic E-state index is 13.5. The third-order valence-electron chi connectivity index (χ3n) is 7.07. The van der Waals surface area contributed by atoms with Gasteiger partial charge in [-0.15, -0.1) is 0 Å². The predicted molar refractivity (Wildman–Crippen MR) is 161 cm³/mol. The molecular formula is C31H28ClFN4O7. The van der Waals surface area contributed by atoms with E-state index in [9.17, 15) is 18.8 Å². The summed E-state index contributed by atoms with van der Waals surface area (Å²) in [6.07, 6.45) is 5.85. The zero-order valence-corrected chi connectivity index (χ0v) is 25.0. The number of amides is 1. The number of ether oxygens (including phenoxy) is 4. The Kier molecular flexibility index (Phi) is 8.56. The molecule has 0 radical (unpaired) electrons. The van der Waals surface area contributed by atoms with E-state index in [4.69, 9.17) is 30.5 Å². The Bertz CT molecular complexity index is 1930. The number of halogens is 2.